The van der Waals surface area contributed by atoms with Crippen molar-refractivity contribution in [3.8, 4) is 0 Å². The summed E-state index contributed by atoms with van der Waals surface area (Å²) in [5.74, 6) is 1.83. The molecule has 0 aromatic carbocycles. The standard InChI is InChI=1S/C18H29N3OS/c1-4-13-10-21(18(22)14-5-6-14)8-7-16(13)19-9-15-11-23-17(20-15)12(2)3/h11-14,16,19H,4-10H2,1-3H3/t13-,16-/m0/s1. The van der Waals surface area contributed by atoms with Gasteiger partial charge in [0.1, 0.15) is 0 Å². The Labute approximate surface area is 143 Å². The largest absolute Gasteiger partial charge is 0.342 e. The molecular formula is C18H29N3OS. The average molecular weight is 336 g/mol. The molecule has 128 valence electrons. The van der Waals surface area contributed by atoms with Crippen molar-refractivity contribution in [2.24, 2.45) is 11.8 Å². The number of carbonyl (C=O) groups is 1. The van der Waals surface area contributed by atoms with Gasteiger partial charge in [0.2, 0.25) is 5.91 Å². The van der Waals surface area contributed by atoms with Crippen LogP contribution < -0.4 is 5.32 Å². The first-order chi connectivity index (χ1) is 11.1. The molecular weight excluding hydrogens is 306 g/mol. The zero-order valence-corrected chi connectivity index (χ0v) is 15.4. The smallest absolute Gasteiger partial charge is 0.225 e. The van der Waals surface area contributed by atoms with E-state index in [4.69, 9.17) is 4.98 Å². The SMILES string of the molecule is CC[C@H]1CN(C(=O)C2CC2)CC[C@@H]1NCc1csc(C(C)C)n1. The molecule has 2 aliphatic rings. The molecule has 0 spiro atoms. The first kappa shape index (κ1) is 16.9. The summed E-state index contributed by atoms with van der Waals surface area (Å²) < 4.78 is 0. The van der Waals surface area contributed by atoms with Gasteiger partial charge in [-0.25, -0.2) is 4.98 Å². The van der Waals surface area contributed by atoms with Crippen LogP contribution >= 0.6 is 11.3 Å². The van der Waals surface area contributed by atoms with E-state index in [2.05, 4.69) is 36.4 Å². The minimum Gasteiger partial charge on any atom is -0.342 e. The predicted molar refractivity (Wildman–Crippen MR) is 94.5 cm³/mol. The topological polar surface area (TPSA) is 45.2 Å². The average Bonchev–Trinajstić information content (AvgIpc) is 3.29. The highest BCUT2D eigenvalue weighted by Crippen LogP contribution is 2.33. The maximum absolute atomic E-state index is 12.3. The van der Waals surface area contributed by atoms with Crippen LogP contribution in [0.15, 0.2) is 5.38 Å². The van der Waals surface area contributed by atoms with Crippen LogP contribution in [-0.4, -0.2) is 34.9 Å². The third-order valence-corrected chi connectivity index (χ3v) is 6.30. The maximum atomic E-state index is 12.3. The van der Waals surface area contributed by atoms with E-state index in [0.29, 0.717) is 29.7 Å². The third-order valence-electron chi connectivity index (χ3n) is 5.11. The molecule has 0 bridgehead atoms. The molecule has 1 aliphatic carbocycles. The summed E-state index contributed by atoms with van der Waals surface area (Å²) in [5, 5.41) is 7.10. The molecule has 4 nitrogen and oxygen atoms in total. The van der Waals surface area contributed by atoms with E-state index in [1.807, 2.05) is 0 Å². The first-order valence-electron chi connectivity index (χ1n) is 9.05. The van der Waals surface area contributed by atoms with Crippen LogP contribution in [0.3, 0.4) is 0 Å². The van der Waals surface area contributed by atoms with Crippen molar-refractivity contribution in [3.63, 3.8) is 0 Å². The van der Waals surface area contributed by atoms with Crippen molar-refractivity contribution in [2.45, 2.75) is 65.0 Å². The van der Waals surface area contributed by atoms with Gasteiger partial charge in [-0.1, -0.05) is 27.2 Å². The molecule has 1 aromatic heterocycles. The number of rotatable bonds is 6. The molecule has 0 unspecified atom stereocenters. The number of thiazole rings is 1. The number of hydrogen-bond acceptors (Lipinski definition) is 4. The van der Waals surface area contributed by atoms with Gasteiger partial charge >= 0.3 is 0 Å². The summed E-state index contributed by atoms with van der Waals surface area (Å²) in [6.07, 6.45) is 4.41. The predicted octanol–water partition coefficient (Wildman–Crippen LogP) is 3.39. The minimum absolute atomic E-state index is 0.349. The van der Waals surface area contributed by atoms with E-state index < -0.39 is 0 Å². The van der Waals surface area contributed by atoms with Gasteiger partial charge in [0, 0.05) is 42.9 Å². The number of hydrogen-bond donors (Lipinski definition) is 1. The van der Waals surface area contributed by atoms with E-state index in [0.717, 1.165) is 51.0 Å². The maximum Gasteiger partial charge on any atom is 0.225 e. The number of piperidine rings is 1. The van der Waals surface area contributed by atoms with E-state index >= 15 is 0 Å². The lowest BCUT2D eigenvalue weighted by atomic mass is 9.89. The normalized spacial score (nSPS) is 25.1. The van der Waals surface area contributed by atoms with E-state index in [1.54, 1.807) is 11.3 Å². The minimum atomic E-state index is 0.349. The molecule has 3 rings (SSSR count). The molecule has 1 amide bonds. The molecule has 2 fully saturated rings. The Kier molecular flexibility index (Phi) is 5.37. The number of nitrogens with zero attached hydrogens (tertiary/aromatic N) is 2. The van der Waals surface area contributed by atoms with E-state index in [9.17, 15) is 4.79 Å². The molecule has 2 heterocycles. The molecule has 2 atom stereocenters. The number of carbonyl (C=O) groups excluding carboxylic acids is 1. The van der Waals surface area contributed by atoms with Crippen LogP contribution in [0.1, 0.15) is 63.1 Å². The van der Waals surface area contributed by atoms with Crippen molar-refractivity contribution in [1.82, 2.24) is 15.2 Å². The van der Waals surface area contributed by atoms with Crippen LogP contribution in [-0.2, 0) is 11.3 Å². The molecule has 1 saturated heterocycles. The van der Waals surface area contributed by atoms with Gasteiger partial charge in [-0.3, -0.25) is 4.79 Å². The molecule has 1 aliphatic heterocycles. The van der Waals surface area contributed by atoms with Crippen LogP contribution in [0.2, 0.25) is 0 Å². The Morgan fingerprint density at radius 2 is 2.22 bits per heavy atom. The highest BCUT2D eigenvalue weighted by Gasteiger charge is 2.37. The van der Waals surface area contributed by atoms with E-state index in [-0.39, 0.29) is 0 Å². The van der Waals surface area contributed by atoms with Gasteiger partial charge in [-0.15, -0.1) is 11.3 Å². The molecule has 1 aromatic rings. The first-order valence-corrected chi connectivity index (χ1v) is 9.93. The molecule has 1 N–H and O–H groups in total. The lowest BCUT2D eigenvalue weighted by molar-refractivity contribution is -0.134. The van der Waals surface area contributed by atoms with Crippen molar-refractivity contribution in [1.29, 1.82) is 0 Å². The van der Waals surface area contributed by atoms with Crippen molar-refractivity contribution in [2.75, 3.05) is 13.1 Å². The summed E-state index contributed by atoms with van der Waals surface area (Å²) in [7, 11) is 0. The lowest BCUT2D eigenvalue weighted by Crippen LogP contribution is -2.51. The Hall–Kier alpha value is -0.940. The summed E-state index contributed by atoms with van der Waals surface area (Å²) in [6, 6.07) is 0.507. The van der Waals surface area contributed by atoms with Gasteiger partial charge in [-0.2, -0.15) is 0 Å². The Morgan fingerprint density at radius 1 is 1.43 bits per heavy atom. The summed E-state index contributed by atoms with van der Waals surface area (Å²) in [5.41, 5.74) is 1.16. The number of nitrogens with one attached hydrogen (secondary N) is 1. The highest BCUT2D eigenvalue weighted by molar-refractivity contribution is 7.09. The van der Waals surface area contributed by atoms with E-state index in [1.165, 1.54) is 5.01 Å². The van der Waals surface area contributed by atoms with Gasteiger partial charge in [-0.05, 0) is 25.2 Å². The van der Waals surface area contributed by atoms with Crippen LogP contribution in [0.25, 0.3) is 0 Å². The van der Waals surface area contributed by atoms with Gasteiger partial charge in [0.25, 0.3) is 0 Å². The molecule has 5 heteroatoms. The Balaban J connectivity index is 1.52. The van der Waals surface area contributed by atoms with Crippen LogP contribution in [0, 0.1) is 11.8 Å². The Bertz CT molecular complexity index is 538. The van der Waals surface area contributed by atoms with Crippen LogP contribution in [0.5, 0.6) is 0 Å². The second kappa shape index (κ2) is 7.31. The van der Waals surface area contributed by atoms with Crippen molar-refractivity contribution in [3.05, 3.63) is 16.1 Å². The summed E-state index contributed by atoms with van der Waals surface area (Å²) in [6.45, 7) is 9.31. The fraction of sp³-hybridized carbons (Fsp3) is 0.778. The Morgan fingerprint density at radius 3 is 2.83 bits per heavy atom. The summed E-state index contributed by atoms with van der Waals surface area (Å²) >= 11 is 1.76. The summed E-state index contributed by atoms with van der Waals surface area (Å²) in [4.78, 5) is 19.1. The van der Waals surface area contributed by atoms with Gasteiger partial charge < -0.3 is 10.2 Å². The second-order valence-corrected chi connectivity index (χ2v) is 8.22. The number of amides is 1. The number of likely N-dealkylation sites (tertiary alicyclic amines) is 1. The number of aromatic nitrogens is 1. The van der Waals surface area contributed by atoms with Gasteiger partial charge in [0.05, 0.1) is 10.7 Å². The lowest BCUT2D eigenvalue weighted by Gasteiger charge is -2.39. The molecule has 0 radical (unpaired) electrons. The fourth-order valence-corrected chi connectivity index (χ4v) is 4.24. The zero-order chi connectivity index (χ0) is 16.4. The monoisotopic (exact) mass is 335 g/mol. The van der Waals surface area contributed by atoms with Crippen molar-refractivity contribution >= 4 is 17.2 Å². The van der Waals surface area contributed by atoms with Crippen molar-refractivity contribution < 1.29 is 4.79 Å². The molecule has 23 heavy (non-hydrogen) atoms. The third kappa shape index (κ3) is 4.13. The van der Waals surface area contributed by atoms with Gasteiger partial charge in [0.15, 0.2) is 0 Å². The molecule has 1 saturated carbocycles. The fourth-order valence-electron chi connectivity index (χ4n) is 3.41. The zero-order valence-electron chi connectivity index (χ0n) is 14.5. The van der Waals surface area contributed by atoms with Crippen LogP contribution in [0.4, 0.5) is 0 Å². The second-order valence-electron chi connectivity index (χ2n) is 7.33. The highest BCUT2D eigenvalue weighted by atomic mass is 32.1. The quantitative estimate of drug-likeness (QED) is 0.867.